The zero-order valence-corrected chi connectivity index (χ0v) is 12.2. The van der Waals surface area contributed by atoms with Gasteiger partial charge in [0.15, 0.2) is 10.9 Å². The summed E-state index contributed by atoms with van der Waals surface area (Å²) in [6, 6.07) is 3.21. The molecule has 1 aromatic heterocycles. The SMILES string of the molecule is Nc1nc(C2CC2)c(Cc2cc(Cl)c(F)c(Cl)c2)s1. The Kier molecular flexibility index (Phi) is 3.41. The van der Waals surface area contributed by atoms with Crippen molar-refractivity contribution in [2.45, 2.75) is 25.2 Å². The van der Waals surface area contributed by atoms with Crippen LogP contribution in [0.1, 0.15) is 34.9 Å². The van der Waals surface area contributed by atoms with E-state index in [-0.39, 0.29) is 10.0 Å². The van der Waals surface area contributed by atoms with Crippen molar-refractivity contribution < 1.29 is 4.39 Å². The van der Waals surface area contributed by atoms with Gasteiger partial charge in [-0.15, -0.1) is 11.3 Å². The van der Waals surface area contributed by atoms with Crippen LogP contribution in [0.15, 0.2) is 12.1 Å². The molecule has 2 nitrogen and oxygen atoms in total. The standard InChI is InChI=1S/C13H11Cl2FN2S/c14-8-3-6(4-9(15)11(8)16)5-10-12(7-1-2-7)18-13(17)19-10/h3-4,7H,1-2,5H2,(H2,17,18). The zero-order chi connectivity index (χ0) is 13.6. The second-order valence-electron chi connectivity index (χ2n) is 4.69. The van der Waals surface area contributed by atoms with Crippen LogP contribution in [0.25, 0.3) is 0 Å². The molecule has 0 saturated heterocycles. The third-order valence-electron chi connectivity index (χ3n) is 3.12. The molecule has 100 valence electrons. The Morgan fingerprint density at radius 3 is 2.53 bits per heavy atom. The number of anilines is 1. The van der Waals surface area contributed by atoms with E-state index in [4.69, 9.17) is 28.9 Å². The molecule has 0 unspecified atom stereocenters. The third kappa shape index (κ3) is 2.71. The average Bonchev–Trinajstić information content (AvgIpc) is 3.11. The molecule has 1 fully saturated rings. The van der Waals surface area contributed by atoms with Gasteiger partial charge in [0.2, 0.25) is 0 Å². The van der Waals surface area contributed by atoms with Crippen molar-refractivity contribution in [3.63, 3.8) is 0 Å². The summed E-state index contributed by atoms with van der Waals surface area (Å²) >= 11 is 13.1. The summed E-state index contributed by atoms with van der Waals surface area (Å²) in [4.78, 5) is 5.51. The Balaban J connectivity index is 1.93. The van der Waals surface area contributed by atoms with Crippen molar-refractivity contribution in [2.24, 2.45) is 0 Å². The smallest absolute Gasteiger partial charge is 0.180 e. The summed E-state index contributed by atoms with van der Waals surface area (Å²) < 4.78 is 13.4. The van der Waals surface area contributed by atoms with Gasteiger partial charge in [0, 0.05) is 17.2 Å². The first-order valence-corrected chi connectivity index (χ1v) is 7.50. The molecule has 3 rings (SSSR count). The van der Waals surface area contributed by atoms with Crippen LogP contribution in [-0.4, -0.2) is 4.98 Å². The van der Waals surface area contributed by atoms with E-state index in [0.29, 0.717) is 17.5 Å². The fourth-order valence-electron chi connectivity index (χ4n) is 2.08. The molecule has 2 N–H and O–H groups in total. The van der Waals surface area contributed by atoms with Crippen LogP contribution >= 0.6 is 34.5 Å². The molecule has 0 radical (unpaired) electrons. The van der Waals surface area contributed by atoms with E-state index in [1.54, 1.807) is 12.1 Å². The van der Waals surface area contributed by atoms with Gasteiger partial charge in [-0.3, -0.25) is 0 Å². The van der Waals surface area contributed by atoms with Gasteiger partial charge in [-0.1, -0.05) is 23.2 Å². The van der Waals surface area contributed by atoms with E-state index in [0.717, 1.165) is 16.1 Å². The molecule has 0 spiro atoms. The van der Waals surface area contributed by atoms with Crippen molar-refractivity contribution in [3.8, 4) is 0 Å². The molecule has 1 saturated carbocycles. The summed E-state index contributed by atoms with van der Waals surface area (Å²) in [5, 5.41) is 0.678. The molecule has 19 heavy (non-hydrogen) atoms. The van der Waals surface area contributed by atoms with E-state index in [1.807, 2.05) is 0 Å². The first-order chi connectivity index (χ1) is 9.04. The lowest BCUT2D eigenvalue weighted by molar-refractivity contribution is 0.628. The minimum Gasteiger partial charge on any atom is -0.375 e. The molecule has 0 amide bonds. The Bertz CT molecular complexity index is 615. The third-order valence-corrected chi connectivity index (χ3v) is 4.57. The van der Waals surface area contributed by atoms with E-state index in [2.05, 4.69) is 4.98 Å². The quantitative estimate of drug-likeness (QED) is 0.838. The van der Waals surface area contributed by atoms with Crippen molar-refractivity contribution in [3.05, 3.63) is 44.1 Å². The Morgan fingerprint density at radius 1 is 1.32 bits per heavy atom. The number of hydrogen-bond acceptors (Lipinski definition) is 3. The Labute approximate surface area is 124 Å². The molecular formula is C13H11Cl2FN2S. The molecule has 2 aromatic rings. The van der Waals surface area contributed by atoms with Crippen LogP contribution in [0.4, 0.5) is 9.52 Å². The molecular weight excluding hydrogens is 306 g/mol. The van der Waals surface area contributed by atoms with E-state index < -0.39 is 5.82 Å². The van der Waals surface area contributed by atoms with Crippen LogP contribution in [0, 0.1) is 5.82 Å². The highest BCUT2D eigenvalue weighted by Gasteiger charge is 2.29. The highest BCUT2D eigenvalue weighted by Crippen LogP contribution is 2.43. The number of halogens is 3. The molecule has 6 heteroatoms. The highest BCUT2D eigenvalue weighted by molar-refractivity contribution is 7.15. The monoisotopic (exact) mass is 316 g/mol. The lowest BCUT2D eigenvalue weighted by Crippen LogP contribution is -1.93. The maximum Gasteiger partial charge on any atom is 0.180 e. The Hall–Kier alpha value is -0.840. The van der Waals surface area contributed by atoms with E-state index >= 15 is 0 Å². The van der Waals surface area contributed by atoms with Gasteiger partial charge in [0.25, 0.3) is 0 Å². The Morgan fingerprint density at radius 2 is 1.95 bits per heavy atom. The van der Waals surface area contributed by atoms with Gasteiger partial charge < -0.3 is 5.73 Å². The van der Waals surface area contributed by atoms with Gasteiger partial charge in [0.1, 0.15) is 0 Å². The fourth-order valence-corrected chi connectivity index (χ4v) is 3.56. The first-order valence-electron chi connectivity index (χ1n) is 5.93. The molecule has 1 aliphatic rings. The number of hydrogen-bond donors (Lipinski definition) is 1. The topological polar surface area (TPSA) is 38.9 Å². The first kappa shape index (κ1) is 13.2. The largest absolute Gasteiger partial charge is 0.375 e. The van der Waals surface area contributed by atoms with Crippen molar-refractivity contribution in [2.75, 3.05) is 5.73 Å². The summed E-state index contributed by atoms with van der Waals surface area (Å²) in [6.45, 7) is 0. The minimum atomic E-state index is -0.571. The van der Waals surface area contributed by atoms with Crippen molar-refractivity contribution in [1.29, 1.82) is 0 Å². The zero-order valence-electron chi connectivity index (χ0n) is 9.92. The summed E-state index contributed by atoms with van der Waals surface area (Å²) in [5.74, 6) is -0.0340. The van der Waals surface area contributed by atoms with Crippen LogP contribution in [0.3, 0.4) is 0 Å². The van der Waals surface area contributed by atoms with Gasteiger partial charge in [-0.05, 0) is 30.5 Å². The highest BCUT2D eigenvalue weighted by atomic mass is 35.5. The lowest BCUT2D eigenvalue weighted by atomic mass is 10.1. The molecule has 0 atom stereocenters. The number of nitrogens with zero attached hydrogens (tertiary/aromatic N) is 1. The maximum atomic E-state index is 13.4. The van der Waals surface area contributed by atoms with Crippen LogP contribution in [0.5, 0.6) is 0 Å². The molecule has 0 aliphatic heterocycles. The number of nitrogens with two attached hydrogens (primary N) is 1. The van der Waals surface area contributed by atoms with Crippen LogP contribution in [0.2, 0.25) is 10.0 Å². The van der Waals surface area contributed by atoms with Crippen molar-refractivity contribution in [1.82, 2.24) is 4.98 Å². The maximum absolute atomic E-state index is 13.4. The molecule has 1 aromatic carbocycles. The minimum absolute atomic E-state index is 0.0490. The summed E-state index contributed by atoms with van der Waals surface area (Å²) in [5.41, 5.74) is 7.74. The van der Waals surface area contributed by atoms with Crippen LogP contribution in [-0.2, 0) is 6.42 Å². The van der Waals surface area contributed by atoms with Gasteiger partial charge in [-0.2, -0.15) is 0 Å². The predicted molar refractivity (Wildman–Crippen MR) is 77.7 cm³/mol. The van der Waals surface area contributed by atoms with E-state index in [1.165, 1.54) is 24.2 Å². The summed E-state index contributed by atoms with van der Waals surface area (Å²) in [7, 11) is 0. The number of rotatable bonds is 3. The number of thiazole rings is 1. The second-order valence-corrected chi connectivity index (χ2v) is 6.61. The van der Waals surface area contributed by atoms with Crippen LogP contribution < -0.4 is 5.73 Å². The van der Waals surface area contributed by atoms with Gasteiger partial charge in [-0.25, -0.2) is 9.37 Å². The molecule has 0 bridgehead atoms. The summed E-state index contributed by atoms with van der Waals surface area (Å²) in [6.07, 6.45) is 2.97. The normalized spacial score (nSPS) is 14.9. The van der Waals surface area contributed by atoms with E-state index in [9.17, 15) is 4.39 Å². The number of aromatic nitrogens is 1. The number of nitrogen functional groups attached to an aromatic ring is 1. The fraction of sp³-hybridized carbons (Fsp3) is 0.308. The van der Waals surface area contributed by atoms with Gasteiger partial charge in [0.05, 0.1) is 15.7 Å². The second kappa shape index (κ2) is 4.93. The average molecular weight is 317 g/mol. The lowest BCUT2D eigenvalue weighted by Gasteiger charge is -2.04. The molecule has 1 aliphatic carbocycles. The van der Waals surface area contributed by atoms with Gasteiger partial charge >= 0.3 is 0 Å². The molecule has 1 heterocycles. The van der Waals surface area contributed by atoms with Crippen molar-refractivity contribution >= 4 is 39.7 Å². The number of benzene rings is 1. The predicted octanol–water partition coefficient (Wildman–Crippen LogP) is 4.64.